The second kappa shape index (κ2) is 5.18. The molecule has 3 aromatic heterocycles. The molecule has 3 aromatic rings. The summed E-state index contributed by atoms with van der Waals surface area (Å²) >= 11 is 1.63. The molecule has 4 rings (SSSR count). The summed E-state index contributed by atoms with van der Waals surface area (Å²) in [6.45, 7) is 0. The van der Waals surface area contributed by atoms with E-state index < -0.39 is 0 Å². The zero-order valence-corrected chi connectivity index (χ0v) is 12.8. The van der Waals surface area contributed by atoms with Crippen LogP contribution in [-0.2, 0) is 19.9 Å². The van der Waals surface area contributed by atoms with Gasteiger partial charge in [-0.3, -0.25) is 0 Å². The molecule has 8 heteroatoms. The van der Waals surface area contributed by atoms with E-state index in [1.54, 1.807) is 17.7 Å². The maximum atomic E-state index is 4.70. The summed E-state index contributed by atoms with van der Waals surface area (Å²) in [5.74, 6) is 2.56. The highest BCUT2D eigenvalue weighted by atomic mass is 32.1. The van der Waals surface area contributed by atoms with Crippen LogP contribution in [0.1, 0.15) is 48.3 Å². The van der Waals surface area contributed by atoms with Crippen molar-refractivity contribution < 1.29 is 0 Å². The number of aromatic nitrogens is 7. The second-order valence-electron chi connectivity index (χ2n) is 5.59. The maximum Gasteiger partial charge on any atom is 0.234 e. The first-order chi connectivity index (χ1) is 10.3. The van der Waals surface area contributed by atoms with Crippen molar-refractivity contribution in [2.75, 3.05) is 0 Å². The molecule has 1 saturated carbocycles. The molecule has 1 fully saturated rings. The smallest absolute Gasteiger partial charge is 0.234 e. The minimum absolute atomic E-state index is 0.536. The van der Waals surface area contributed by atoms with E-state index in [0.717, 1.165) is 34.5 Å². The number of hydrogen-bond donors (Lipinski definition) is 0. The molecule has 21 heavy (non-hydrogen) atoms. The fraction of sp³-hybridized carbons (Fsp3) is 0.615. The summed E-state index contributed by atoms with van der Waals surface area (Å²) in [6, 6.07) is 0. The van der Waals surface area contributed by atoms with Gasteiger partial charge in [-0.1, -0.05) is 24.2 Å². The first-order valence-corrected chi connectivity index (χ1v) is 8.17. The lowest BCUT2D eigenvalue weighted by Crippen LogP contribution is -2.03. The molecule has 0 N–H and O–H groups in total. The molecule has 0 spiro atoms. The third-order valence-electron chi connectivity index (χ3n) is 4.14. The molecule has 7 nitrogen and oxygen atoms in total. The van der Waals surface area contributed by atoms with E-state index in [9.17, 15) is 0 Å². The summed E-state index contributed by atoms with van der Waals surface area (Å²) in [5, 5.41) is 22.4. The van der Waals surface area contributed by atoms with Crippen LogP contribution in [0.15, 0.2) is 6.33 Å². The third-order valence-corrected chi connectivity index (χ3v) is 5.10. The number of fused-ring (bicyclic) bond motifs is 1. The number of aryl methyl sites for hydroxylation is 3. The second-order valence-corrected chi connectivity index (χ2v) is 6.63. The molecule has 0 bridgehead atoms. The molecule has 1 aliphatic rings. The highest BCUT2D eigenvalue weighted by Crippen LogP contribution is 2.33. The van der Waals surface area contributed by atoms with E-state index >= 15 is 0 Å². The Bertz CT molecular complexity index is 750. The highest BCUT2D eigenvalue weighted by molar-refractivity contribution is 7.16. The summed E-state index contributed by atoms with van der Waals surface area (Å²) < 4.78 is 3.90. The molecule has 0 aliphatic heterocycles. The summed E-state index contributed by atoms with van der Waals surface area (Å²) in [7, 11) is 1.96. The van der Waals surface area contributed by atoms with Crippen molar-refractivity contribution in [2.45, 2.75) is 44.4 Å². The van der Waals surface area contributed by atoms with Crippen LogP contribution in [0.4, 0.5) is 0 Å². The van der Waals surface area contributed by atoms with Gasteiger partial charge >= 0.3 is 0 Å². The average Bonchev–Trinajstić information content (AvgIpc) is 3.20. The van der Waals surface area contributed by atoms with Gasteiger partial charge in [0.2, 0.25) is 4.96 Å². The maximum absolute atomic E-state index is 4.70. The lowest BCUT2D eigenvalue weighted by atomic mass is 10.1. The van der Waals surface area contributed by atoms with Gasteiger partial charge in [-0.2, -0.15) is 9.61 Å². The monoisotopic (exact) mass is 303 g/mol. The van der Waals surface area contributed by atoms with Crippen molar-refractivity contribution in [1.82, 2.24) is 34.6 Å². The normalized spacial score (nSPS) is 16.2. The van der Waals surface area contributed by atoms with Crippen molar-refractivity contribution >= 4 is 16.3 Å². The molecule has 0 amide bonds. The van der Waals surface area contributed by atoms with Crippen LogP contribution < -0.4 is 0 Å². The van der Waals surface area contributed by atoms with Crippen LogP contribution in [0, 0.1) is 0 Å². The molecule has 1 aliphatic carbocycles. The Kier molecular flexibility index (Phi) is 3.17. The fourth-order valence-corrected chi connectivity index (χ4v) is 3.80. The quantitative estimate of drug-likeness (QED) is 0.734. The van der Waals surface area contributed by atoms with Crippen LogP contribution in [0.2, 0.25) is 0 Å². The third kappa shape index (κ3) is 2.33. The number of rotatable bonds is 4. The first kappa shape index (κ1) is 12.9. The molecule has 0 aromatic carbocycles. The highest BCUT2D eigenvalue weighted by Gasteiger charge is 2.24. The van der Waals surface area contributed by atoms with Crippen LogP contribution in [0.25, 0.3) is 4.96 Å². The Balaban J connectivity index is 1.55. The van der Waals surface area contributed by atoms with Crippen molar-refractivity contribution in [3.63, 3.8) is 0 Å². The van der Waals surface area contributed by atoms with E-state index in [4.69, 9.17) is 5.10 Å². The predicted molar refractivity (Wildman–Crippen MR) is 78.3 cm³/mol. The largest absolute Gasteiger partial charge is 0.321 e. The minimum atomic E-state index is 0.536. The van der Waals surface area contributed by atoms with Crippen LogP contribution in [0.5, 0.6) is 0 Å². The van der Waals surface area contributed by atoms with Crippen molar-refractivity contribution in [3.8, 4) is 0 Å². The molecule has 0 saturated heterocycles. The van der Waals surface area contributed by atoms with Crippen LogP contribution in [0.3, 0.4) is 0 Å². The Morgan fingerprint density at radius 2 is 2.05 bits per heavy atom. The standard InChI is InChI=1S/C13H17N7S/c1-19-8-14-15-10(19)6-7-11-18-20-12(9-4-2-3-5-9)16-17-13(20)21-11/h8-9H,2-7H2,1H3. The Hall–Kier alpha value is -1.83. The molecule has 0 radical (unpaired) electrons. The van der Waals surface area contributed by atoms with Crippen molar-refractivity contribution in [1.29, 1.82) is 0 Å². The molecule has 0 unspecified atom stereocenters. The first-order valence-electron chi connectivity index (χ1n) is 7.35. The van der Waals surface area contributed by atoms with Gasteiger partial charge < -0.3 is 4.57 Å². The topological polar surface area (TPSA) is 73.8 Å². The zero-order chi connectivity index (χ0) is 14.2. The van der Waals surface area contributed by atoms with Crippen LogP contribution >= 0.6 is 11.3 Å². The van der Waals surface area contributed by atoms with E-state index in [0.29, 0.717) is 5.92 Å². The minimum Gasteiger partial charge on any atom is -0.321 e. The molecule has 0 atom stereocenters. The van der Waals surface area contributed by atoms with Gasteiger partial charge in [-0.05, 0) is 12.8 Å². The molecule has 3 heterocycles. The Labute approximate surface area is 126 Å². The summed E-state index contributed by atoms with van der Waals surface area (Å²) in [5.41, 5.74) is 0. The van der Waals surface area contributed by atoms with E-state index in [1.165, 1.54) is 25.7 Å². The van der Waals surface area contributed by atoms with Gasteiger partial charge in [0.1, 0.15) is 17.2 Å². The van der Waals surface area contributed by atoms with E-state index in [-0.39, 0.29) is 0 Å². The van der Waals surface area contributed by atoms with E-state index in [1.807, 2.05) is 16.1 Å². The van der Waals surface area contributed by atoms with Crippen molar-refractivity contribution in [2.24, 2.45) is 7.05 Å². The van der Waals surface area contributed by atoms with Gasteiger partial charge in [0.15, 0.2) is 5.82 Å². The number of nitrogens with zero attached hydrogens (tertiary/aromatic N) is 7. The molecular weight excluding hydrogens is 286 g/mol. The zero-order valence-electron chi connectivity index (χ0n) is 11.9. The fourth-order valence-electron chi connectivity index (χ4n) is 2.96. The van der Waals surface area contributed by atoms with Gasteiger partial charge in [-0.25, -0.2) is 0 Å². The van der Waals surface area contributed by atoms with Gasteiger partial charge in [0.05, 0.1) is 0 Å². The lowest BCUT2D eigenvalue weighted by Gasteiger charge is -2.03. The van der Waals surface area contributed by atoms with Crippen molar-refractivity contribution in [3.05, 3.63) is 23.0 Å². The molecular formula is C13H17N7S. The summed E-state index contributed by atoms with van der Waals surface area (Å²) in [4.78, 5) is 0.907. The SMILES string of the molecule is Cn1cnnc1CCc1nn2c(C3CCCC3)nnc2s1. The Morgan fingerprint density at radius 3 is 2.81 bits per heavy atom. The average molecular weight is 303 g/mol. The van der Waals surface area contributed by atoms with E-state index in [2.05, 4.69) is 20.4 Å². The van der Waals surface area contributed by atoms with Crippen LogP contribution in [-0.4, -0.2) is 34.6 Å². The van der Waals surface area contributed by atoms with Gasteiger partial charge in [0.25, 0.3) is 0 Å². The van der Waals surface area contributed by atoms with Gasteiger partial charge in [0, 0.05) is 25.8 Å². The number of hydrogen-bond acceptors (Lipinski definition) is 6. The molecule has 110 valence electrons. The lowest BCUT2D eigenvalue weighted by molar-refractivity contribution is 0.636. The Morgan fingerprint density at radius 1 is 1.19 bits per heavy atom. The van der Waals surface area contributed by atoms with Gasteiger partial charge in [-0.15, -0.1) is 20.4 Å². The predicted octanol–water partition coefficient (Wildman–Crippen LogP) is 1.76. The summed E-state index contributed by atoms with van der Waals surface area (Å²) in [6.07, 6.45) is 8.46.